The Labute approximate surface area is 136 Å². The Balaban J connectivity index is 1.99. The number of nitrogens with zero attached hydrogens (tertiary/aromatic N) is 1. The van der Waals surface area contributed by atoms with Gasteiger partial charge in [-0.2, -0.15) is 0 Å². The van der Waals surface area contributed by atoms with Crippen LogP contribution in [0.25, 0.3) is 0 Å². The van der Waals surface area contributed by atoms with Crippen LogP contribution in [0.2, 0.25) is 0 Å². The van der Waals surface area contributed by atoms with Crippen LogP contribution in [-0.2, 0) is 14.4 Å². The van der Waals surface area contributed by atoms with E-state index in [1.54, 1.807) is 4.90 Å². The number of carboxylic acids is 1. The molecule has 1 aromatic rings. The van der Waals surface area contributed by atoms with Gasteiger partial charge in [-0.1, -0.05) is 19.1 Å². The van der Waals surface area contributed by atoms with E-state index in [9.17, 15) is 14.4 Å². The molecule has 0 bridgehead atoms. The predicted octanol–water partition coefficient (Wildman–Crippen LogP) is 1.64. The molecule has 0 saturated carbocycles. The summed E-state index contributed by atoms with van der Waals surface area (Å²) in [5.41, 5.74) is 0.738. The fourth-order valence-electron chi connectivity index (χ4n) is 2.27. The van der Waals surface area contributed by atoms with Gasteiger partial charge >= 0.3 is 5.97 Å². The van der Waals surface area contributed by atoms with E-state index in [0.717, 1.165) is 10.2 Å². The lowest BCUT2D eigenvalue weighted by atomic mass is 10.1. The minimum absolute atomic E-state index is 0.0634. The lowest BCUT2D eigenvalue weighted by molar-refractivity contribution is -0.141. The van der Waals surface area contributed by atoms with Gasteiger partial charge in [-0.3, -0.25) is 14.4 Å². The summed E-state index contributed by atoms with van der Waals surface area (Å²) in [7, 11) is 0. The molecule has 1 aliphatic rings. The van der Waals surface area contributed by atoms with Crippen LogP contribution < -0.4 is 10.2 Å². The number of benzene rings is 1. The number of carboxylic acid groups (broad SMARTS) is 1. The van der Waals surface area contributed by atoms with Crippen molar-refractivity contribution in [2.75, 3.05) is 18.0 Å². The average Bonchev–Trinajstić information content (AvgIpc) is 2.86. The first-order chi connectivity index (χ1) is 10.4. The molecule has 1 aliphatic heterocycles. The van der Waals surface area contributed by atoms with Crippen LogP contribution in [0.5, 0.6) is 0 Å². The smallest absolute Gasteiger partial charge is 0.308 e. The van der Waals surface area contributed by atoms with Crippen LogP contribution in [0.1, 0.15) is 13.3 Å². The molecule has 6 nitrogen and oxygen atoms in total. The second-order valence-corrected chi connectivity index (χ2v) is 6.20. The van der Waals surface area contributed by atoms with Gasteiger partial charge in [0.1, 0.15) is 0 Å². The van der Waals surface area contributed by atoms with Crippen LogP contribution >= 0.6 is 15.9 Å². The van der Waals surface area contributed by atoms with Gasteiger partial charge in [-0.05, 0) is 28.1 Å². The van der Waals surface area contributed by atoms with E-state index in [1.165, 1.54) is 6.92 Å². The summed E-state index contributed by atoms with van der Waals surface area (Å²) in [6, 6.07) is 7.33. The number of hydrogen-bond donors (Lipinski definition) is 2. The maximum absolute atomic E-state index is 12.1. The number of anilines is 1. The molecule has 118 valence electrons. The molecule has 2 rings (SSSR count). The van der Waals surface area contributed by atoms with Crippen LogP contribution in [0, 0.1) is 11.8 Å². The molecule has 0 aromatic heterocycles. The monoisotopic (exact) mass is 368 g/mol. The zero-order chi connectivity index (χ0) is 16.3. The molecule has 2 unspecified atom stereocenters. The summed E-state index contributed by atoms with van der Waals surface area (Å²) < 4.78 is 0.795. The van der Waals surface area contributed by atoms with Gasteiger partial charge in [0.25, 0.3) is 0 Å². The minimum atomic E-state index is -0.961. The number of carbonyl (C=O) groups excluding carboxylic acids is 2. The molecule has 7 heteroatoms. The van der Waals surface area contributed by atoms with Crippen molar-refractivity contribution in [3.8, 4) is 0 Å². The van der Waals surface area contributed by atoms with Gasteiger partial charge in [-0.15, -0.1) is 0 Å². The summed E-state index contributed by atoms with van der Waals surface area (Å²) in [4.78, 5) is 36.5. The minimum Gasteiger partial charge on any atom is -0.481 e. The van der Waals surface area contributed by atoms with Crippen molar-refractivity contribution in [3.05, 3.63) is 28.7 Å². The van der Waals surface area contributed by atoms with Crippen molar-refractivity contribution in [2.24, 2.45) is 11.8 Å². The van der Waals surface area contributed by atoms with E-state index in [0.29, 0.717) is 6.54 Å². The number of nitrogens with one attached hydrogen (secondary N) is 1. The molecule has 1 aromatic carbocycles. The van der Waals surface area contributed by atoms with Gasteiger partial charge < -0.3 is 15.3 Å². The zero-order valence-corrected chi connectivity index (χ0v) is 13.7. The van der Waals surface area contributed by atoms with E-state index in [2.05, 4.69) is 21.2 Å². The molecule has 2 atom stereocenters. The highest BCUT2D eigenvalue weighted by Gasteiger charge is 2.35. The maximum atomic E-state index is 12.1. The van der Waals surface area contributed by atoms with Crippen molar-refractivity contribution >= 4 is 39.4 Å². The third-order valence-corrected chi connectivity index (χ3v) is 4.31. The summed E-state index contributed by atoms with van der Waals surface area (Å²) in [5, 5.41) is 11.4. The van der Waals surface area contributed by atoms with Crippen molar-refractivity contribution in [1.29, 1.82) is 0 Å². The van der Waals surface area contributed by atoms with Gasteiger partial charge in [0.15, 0.2) is 0 Å². The molecule has 2 N–H and O–H groups in total. The molecule has 22 heavy (non-hydrogen) atoms. The normalized spacial score (nSPS) is 19.1. The molecule has 1 saturated heterocycles. The van der Waals surface area contributed by atoms with Crippen molar-refractivity contribution in [1.82, 2.24) is 5.32 Å². The zero-order valence-electron chi connectivity index (χ0n) is 12.1. The number of para-hydroxylation sites is 1. The molecule has 1 heterocycles. The number of aliphatic carboxylic acids is 1. The van der Waals surface area contributed by atoms with E-state index >= 15 is 0 Å². The molecule has 0 spiro atoms. The number of rotatable bonds is 5. The Bertz CT molecular complexity index is 605. The highest BCUT2D eigenvalue weighted by Crippen LogP contribution is 2.31. The van der Waals surface area contributed by atoms with Gasteiger partial charge in [0, 0.05) is 24.0 Å². The maximum Gasteiger partial charge on any atom is 0.308 e. The van der Waals surface area contributed by atoms with Crippen LogP contribution in [-0.4, -0.2) is 36.0 Å². The predicted molar refractivity (Wildman–Crippen MR) is 84.4 cm³/mol. The largest absolute Gasteiger partial charge is 0.481 e. The Morgan fingerprint density at radius 1 is 1.45 bits per heavy atom. The van der Waals surface area contributed by atoms with Crippen LogP contribution in [0.15, 0.2) is 28.7 Å². The fraction of sp³-hybridized carbons (Fsp3) is 0.400. The standard InChI is InChI=1S/C15H17BrN2O4/c1-9(15(21)22)7-17-14(20)10-6-13(19)18(8-10)12-5-3-2-4-11(12)16/h2-5,9-10H,6-8H2,1H3,(H,17,20)(H,21,22). The third-order valence-electron chi connectivity index (χ3n) is 3.64. The van der Waals surface area contributed by atoms with Crippen molar-refractivity contribution < 1.29 is 19.5 Å². The summed E-state index contributed by atoms with van der Waals surface area (Å²) in [6.07, 6.45) is 0.134. The van der Waals surface area contributed by atoms with Crippen molar-refractivity contribution in [2.45, 2.75) is 13.3 Å². The van der Waals surface area contributed by atoms with Crippen LogP contribution in [0.3, 0.4) is 0 Å². The highest BCUT2D eigenvalue weighted by molar-refractivity contribution is 9.10. The fourth-order valence-corrected chi connectivity index (χ4v) is 2.77. The lowest BCUT2D eigenvalue weighted by Gasteiger charge is -2.18. The number of carbonyl (C=O) groups is 3. The summed E-state index contributed by atoms with van der Waals surface area (Å²) in [5.74, 6) is -2.46. The van der Waals surface area contributed by atoms with Gasteiger partial charge in [0.2, 0.25) is 11.8 Å². The first-order valence-electron chi connectivity index (χ1n) is 6.95. The van der Waals surface area contributed by atoms with E-state index in [-0.39, 0.29) is 24.8 Å². The Morgan fingerprint density at radius 3 is 2.77 bits per heavy atom. The summed E-state index contributed by atoms with van der Waals surface area (Å²) >= 11 is 3.40. The second kappa shape index (κ2) is 6.91. The first-order valence-corrected chi connectivity index (χ1v) is 7.75. The van der Waals surface area contributed by atoms with E-state index in [4.69, 9.17) is 5.11 Å². The highest BCUT2D eigenvalue weighted by atomic mass is 79.9. The SMILES string of the molecule is CC(CNC(=O)C1CC(=O)N(c2ccccc2Br)C1)C(=O)O. The molecule has 0 aliphatic carbocycles. The van der Waals surface area contributed by atoms with E-state index in [1.807, 2.05) is 24.3 Å². The van der Waals surface area contributed by atoms with Crippen LogP contribution in [0.4, 0.5) is 5.69 Å². The van der Waals surface area contributed by atoms with Gasteiger partial charge in [-0.25, -0.2) is 0 Å². The topological polar surface area (TPSA) is 86.7 Å². The van der Waals surface area contributed by atoms with Crippen molar-refractivity contribution in [3.63, 3.8) is 0 Å². The Kier molecular flexibility index (Phi) is 5.18. The quantitative estimate of drug-likeness (QED) is 0.826. The third kappa shape index (κ3) is 3.65. The number of halogens is 1. The molecular weight excluding hydrogens is 352 g/mol. The first kappa shape index (κ1) is 16.5. The number of hydrogen-bond acceptors (Lipinski definition) is 3. The lowest BCUT2D eigenvalue weighted by Crippen LogP contribution is -2.37. The average molecular weight is 369 g/mol. The molecular formula is C15H17BrN2O4. The molecule has 0 radical (unpaired) electrons. The Hall–Kier alpha value is -1.89. The molecule has 2 amide bonds. The van der Waals surface area contributed by atoms with E-state index < -0.39 is 17.8 Å². The Morgan fingerprint density at radius 2 is 2.14 bits per heavy atom. The number of amides is 2. The second-order valence-electron chi connectivity index (χ2n) is 5.34. The summed E-state index contributed by atoms with van der Waals surface area (Å²) in [6.45, 7) is 1.89. The molecule has 1 fully saturated rings. The van der Waals surface area contributed by atoms with Gasteiger partial charge in [0.05, 0.1) is 17.5 Å².